The topological polar surface area (TPSA) is 73.6 Å². The number of ether oxygens (including phenoxy) is 2. The maximum Gasteiger partial charge on any atom is 0.408 e. The number of hydrogen-bond donors (Lipinski definition) is 2. The predicted molar refractivity (Wildman–Crippen MR) is 81.9 cm³/mol. The molecule has 1 aromatic rings. The van der Waals surface area contributed by atoms with Crippen LogP contribution in [0, 0.1) is 0 Å². The normalized spacial score (nSPS) is 12.7. The van der Waals surface area contributed by atoms with Crippen LogP contribution in [0.4, 0.5) is 4.79 Å². The molecule has 1 aromatic carbocycles. The molecule has 0 saturated heterocycles. The van der Waals surface area contributed by atoms with Gasteiger partial charge in [-0.3, -0.25) is 0 Å². The van der Waals surface area contributed by atoms with E-state index in [0.717, 1.165) is 10.0 Å². The molecule has 112 valence electrons. The van der Waals surface area contributed by atoms with Crippen molar-refractivity contribution in [1.29, 1.82) is 0 Å². The van der Waals surface area contributed by atoms with Gasteiger partial charge in [-0.2, -0.15) is 0 Å². The molecule has 0 aliphatic rings. The van der Waals surface area contributed by atoms with E-state index in [9.17, 15) is 4.79 Å². The fourth-order valence-electron chi connectivity index (χ4n) is 1.69. The number of rotatable bonds is 4. The van der Waals surface area contributed by atoms with Gasteiger partial charge in [0.2, 0.25) is 0 Å². The van der Waals surface area contributed by atoms with Gasteiger partial charge in [0.05, 0.1) is 13.2 Å². The van der Waals surface area contributed by atoms with Crippen molar-refractivity contribution >= 4 is 22.0 Å². The minimum Gasteiger partial charge on any atom is -0.496 e. The van der Waals surface area contributed by atoms with Gasteiger partial charge < -0.3 is 20.5 Å². The van der Waals surface area contributed by atoms with Gasteiger partial charge in [-0.25, -0.2) is 4.79 Å². The summed E-state index contributed by atoms with van der Waals surface area (Å²) in [5.74, 6) is 0.658. The zero-order valence-corrected chi connectivity index (χ0v) is 13.8. The van der Waals surface area contributed by atoms with Crippen molar-refractivity contribution < 1.29 is 14.3 Å². The highest BCUT2D eigenvalue weighted by atomic mass is 79.9. The molecule has 6 heteroatoms. The number of amides is 1. The number of nitrogens with two attached hydrogens (primary N) is 1. The Morgan fingerprint density at radius 3 is 2.60 bits per heavy atom. The minimum absolute atomic E-state index is 0.247. The van der Waals surface area contributed by atoms with Gasteiger partial charge in [-0.05, 0) is 32.9 Å². The summed E-state index contributed by atoms with van der Waals surface area (Å²) < 4.78 is 11.4. The van der Waals surface area contributed by atoms with Crippen LogP contribution >= 0.6 is 15.9 Å². The van der Waals surface area contributed by atoms with Crippen molar-refractivity contribution in [3.63, 3.8) is 0 Å². The fourth-order valence-corrected chi connectivity index (χ4v) is 2.03. The van der Waals surface area contributed by atoms with E-state index in [4.69, 9.17) is 15.2 Å². The van der Waals surface area contributed by atoms with Crippen LogP contribution in [0.25, 0.3) is 0 Å². The standard InChI is InChI=1S/C14H21BrN2O3/c1-14(2,3)20-13(18)17-11(8-16)10-6-5-9(15)7-12(10)19-4/h5-7,11H,8,16H2,1-4H3,(H,17,18). The zero-order chi connectivity index (χ0) is 15.3. The lowest BCUT2D eigenvalue weighted by molar-refractivity contribution is 0.0505. The first kappa shape index (κ1) is 16.8. The van der Waals surface area contributed by atoms with E-state index < -0.39 is 11.7 Å². The molecule has 0 heterocycles. The van der Waals surface area contributed by atoms with E-state index in [1.54, 1.807) is 7.11 Å². The largest absolute Gasteiger partial charge is 0.496 e. The summed E-state index contributed by atoms with van der Waals surface area (Å²) in [7, 11) is 1.58. The van der Waals surface area contributed by atoms with Crippen molar-refractivity contribution in [3.05, 3.63) is 28.2 Å². The third-order valence-corrected chi connectivity index (χ3v) is 2.99. The third kappa shape index (κ3) is 5.02. The van der Waals surface area contributed by atoms with Gasteiger partial charge in [0.15, 0.2) is 0 Å². The fraction of sp³-hybridized carbons (Fsp3) is 0.500. The third-order valence-electron chi connectivity index (χ3n) is 2.50. The van der Waals surface area contributed by atoms with E-state index in [2.05, 4.69) is 21.2 Å². The summed E-state index contributed by atoms with van der Waals surface area (Å²) >= 11 is 3.38. The summed E-state index contributed by atoms with van der Waals surface area (Å²) in [5, 5.41) is 2.75. The van der Waals surface area contributed by atoms with E-state index in [0.29, 0.717) is 5.75 Å². The molecule has 3 N–H and O–H groups in total. The summed E-state index contributed by atoms with van der Waals surface area (Å²) in [6, 6.07) is 5.19. The number of hydrogen-bond acceptors (Lipinski definition) is 4. The summed E-state index contributed by atoms with van der Waals surface area (Å²) in [6.45, 7) is 5.68. The summed E-state index contributed by atoms with van der Waals surface area (Å²) in [6.07, 6.45) is -0.502. The predicted octanol–water partition coefficient (Wildman–Crippen LogP) is 2.98. The van der Waals surface area contributed by atoms with Gasteiger partial charge in [0.25, 0.3) is 0 Å². The first-order chi connectivity index (χ1) is 9.26. The molecule has 1 amide bonds. The molecule has 1 rings (SSSR count). The van der Waals surface area contributed by atoms with Crippen LogP contribution in [0.15, 0.2) is 22.7 Å². The first-order valence-corrected chi connectivity index (χ1v) is 7.09. The summed E-state index contributed by atoms with van der Waals surface area (Å²) in [4.78, 5) is 11.8. The Kier molecular flexibility index (Phi) is 5.83. The second-order valence-corrected chi connectivity index (χ2v) is 6.24. The number of benzene rings is 1. The lowest BCUT2D eigenvalue weighted by Gasteiger charge is -2.24. The van der Waals surface area contributed by atoms with E-state index >= 15 is 0 Å². The van der Waals surface area contributed by atoms with Crippen LogP contribution in [0.1, 0.15) is 32.4 Å². The Bertz CT molecular complexity index is 472. The Labute approximate surface area is 127 Å². The molecule has 0 aromatic heterocycles. The molecule has 0 fully saturated rings. The molecule has 0 aliphatic heterocycles. The average Bonchev–Trinajstić information content (AvgIpc) is 2.34. The lowest BCUT2D eigenvalue weighted by Crippen LogP contribution is -2.37. The maximum absolute atomic E-state index is 11.8. The quantitative estimate of drug-likeness (QED) is 0.880. The van der Waals surface area contributed by atoms with Crippen molar-refractivity contribution in [2.24, 2.45) is 5.73 Å². The van der Waals surface area contributed by atoms with Gasteiger partial charge in [-0.1, -0.05) is 22.0 Å². The van der Waals surface area contributed by atoms with Crippen LogP contribution in [0.2, 0.25) is 0 Å². The monoisotopic (exact) mass is 344 g/mol. The van der Waals surface area contributed by atoms with Crippen LogP contribution in [0.5, 0.6) is 5.75 Å². The lowest BCUT2D eigenvalue weighted by atomic mass is 10.1. The molecule has 1 atom stereocenters. The minimum atomic E-state index is -0.549. The number of halogens is 1. The molecule has 0 radical (unpaired) electrons. The Hall–Kier alpha value is -1.27. The number of alkyl carbamates (subject to hydrolysis) is 1. The number of carbonyl (C=O) groups is 1. The molecular formula is C14H21BrN2O3. The molecule has 0 aliphatic carbocycles. The second kappa shape index (κ2) is 6.95. The molecule has 0 bridgehead atoms. The maximum atomic E-state index is 11.8. The smallest absolute Gasteiger partial charge is 0.408 e. The van der Waals surface area contributed by atoms with Gasteiger partial charge in [0.1, 0.15) is 11.4 Å². The van der Waals surface area contributed by atoms with E-state index in [-0.39, 0.29) is 12.6 Å². The van der Waals surface area contributed by atoms with Gasteiger partial charge in [0, 0.05) is 16.6 Å². The molecular weight excluding hydrogens is 324 g/mol. The van der Waals surface area contributed by atoms with Crippen LogP contribution in [-0.2, 0) is 4.74 Å². The SMILES string of the molecule is COc1cc(Br)ccc1C(CN)NC(=O)OC(C)(C)C. The molecule has 5 nitrogen and oxygen atoms in total. The highest BCUT2D eigenvalue weighted by Gasteiger charge is 2.21. The second-order valence-electron chi connectivity index (χ2n) is 5.32. The summed E-state index contributed by atoms with van der Waals surface area (Å²) in [5.41, 5.74) is 6.00. The number of methoxy groups -OCH3 is 1. The zero-order valence-electron chi connectivity index (χ0n) is 12.2. The van der Waals surface area contributed by atoms with Gasteiger partial charge >= 0.3 is 6.09 Å². The van der Waals surface area contributed by atoms with Crippen molar-refractivity contribution in [3.8, 4) is 5.75 Å². The highest BCUT2D eigenvalue weighted by Crippen LogP contribution is 2.28. The Balaban J connectivity index is 2.89. The molecule has 20 heavy (non-hydrogen) atoms. The van der Waals surface area contributed by atoms with E-state index in [1.807, 2.05) is 39.0 Å². The van der Waals surface area contributed by atoms with Gasteiger partial charge in [-0.15, -0.1) is 0 Å². The first-order valence-electron chi connectivity index (χ1n) is 6.30. The van der Waals surface area contributed by atoms with Crippen LogP contribution in [-0.4, -0.2) is 25.3 Å². The Morgan fingerprint density at radius 2 is 2.10 bits per heavy atom. The molecule has 0 spiro atoms. The van der Waals surface area contributed by atoms with Crippen molar-refractivity contribution in [2.45, 2.75) is 32.4 Å². The number of carbonyl (C=O) groups excluding carboxylic acids is 1. The number of nitrogens with one attached hydrogen (secondary N) is 1. The van der Waals surface area contributed by atoms with Crippen molar-refractivity contribution in [2.75, 3.05) is 13.7 Å². The molecule has 1 unspecified atom stereocenters. The Morgan fingerprint density at radius 1 is 1.45 bits per heavy atom. The van der Waals surface area contributed by atoms with E-state index in [1.165, 1.54) is 0 Å². The average molecular weight is 345 g/mol. The highest BCUT2D eigenvalue weighted by molar-refractivity contribution is 9.10. The molecule has 0 saturated carbocycles. The van der Waals surface area contributed by atoms with Crippen LogP contribution in [0.3, 0.4) is 0 Å². The van der Waals surface area contributed by atoms with Crippen molar-refractivity contribution in [1.82, 2.24) is 5.32 Å². The van der Waals surface area contributed by atoms with Crippen LogP contribution < -0.4 is 15.8 Å².